The predicted molar refractivity (Wildman–Crippen MR) is 85.0 cm³/mol. The number of nitrogens with zero attached hydrogens (tertiary/aromatic N) is 1. The Kier molecular flexibility index (Phi) is 5.84. The molecule has 1 fully saturated rings. The molecule has 0 atom stereocenters. The van der Waals surface area contributed by atoms with Gasteiger partial charge in [0.25, 0.3) is 5.91 Å². The van der Waals surface area contributed by atoms with Gasteiger partial charge in [0.2, 0.25) is 0 Å². The van der Waals surface area contributed by atoms with E-state index in [1.54, 1.807) is 18.2 Å². The van der Waals surface area contributed by atoms with Crippen LogP contribution in [-0.2, 0) is 4.79 Å². The maximum Gasteiger partial charge on any atom is 0.341 e. The summed E-state index contributed by atoms with van der Waals surface area (Å²) in [7, 11) is 0. The van der Waals surface area contributed by atoms with Gasteiger partial charge in [-0.25, -0.2) is 4.79 Å². The van der Waals surface area contributed by atoms with Crippen molar-refractivity contribution in [2.45, 2.75) is 26.7 Å². The lowest BCUT2D eigenvalue weighted by Crippen LogP contribution is -2.37. The van der Waals surface area contributed by atoms with E-state index in [9.17, 15) is 9.59 Å². The van der Waals surface area contributed by atoms with Crippen LogP contribution >= 0.6 is 0 Å². The zero-order valence-electron chi connectivity index (χ0n) is 13.6. The van der Waals surface area contributed by atoms with Crippen molar-refractivity contribution in [3.8, 4) is 11.5 Å². The van der Waals surface area contributed by atoms with Gasteiger partial charge in [-0.3, -0.25) is 4.79 Å². The smallest absolute Gasteiger partial charge is 0.341 e. The third kappa shape index (κ3) is 4.61. The van der Waals surface area contributed by atoms with Crippen LogP contribution in [0.1, 0.15) is 37.0 Å². The summed E-state index contributed by atoms with van der Waals surface area (Å²) in [6, 6.07) is 4.87. The first kappa shape index (κ1) is 17.1. The Hall–Kier alpha value is -2.24. The van der Waals surface area contributed by atoms with Gasteiger partial charge < -0.3 is 19.5 Å². The van der Waals surface area contributed by atoms with Gasteiger partial charge in [-0.2, -0.15) is 0 Å². The monoisotopic (exact) mass is 321 g/mol. The summed E-state index contributed by atoms with van der Waals surface area (Å²) in [5.74, 6) is 0.297. The number of piperidine rings is 1. The second kappa shape index (κ2) is 7.85. The molecule has 0 saturated carbocycles. The number of carboxylic acids is 1. The predicted octanol–water partition coefficient (Wildman–Crippen LogP) is 2.42. The highest BCUT2D eigenvalue weighted by Crippen LogP contribution is 2.29. The summed E-state index contributed by atoms with van der Waals surface area (Å²) in [4.78, 5) is 25.0. The van der Waals surface area contributed by atoms with Gasteiger partial charge in [0.1, 0.15) is 0 Å². The highest BCUT2D eigenvalue weighted by Gasteiger charge is 2.22. The number of carboxylic acid groups (broad SMARTS) is 1. The quantitative estimate of drug-likeness (QED) is 0.871. The van der Waals surface area contributed by atoms with Crippen LogP contribution in [0.3, 0.4) is 0 Å². The number of hydrogen-bond donors (Lipinski definition) is 1. The van der Waals surface area contributed by atoms with Crippen LogP contribution < -0.4 is 9.47 Å². The Morgan fingerprint density at radius 1 is 1.22 bits per heavy atom. The lowest BCUT2D eigenvalue weighted by Gasteiger charge is -2.30. The standard InChI is InChI=1S/C17H23NO5/c1-3-22-15-10-13(4-5-14(15)23-11-16(19)20)17(21)18-8-6-12(2)7-9-18/h4-5,10,12H,3,6-9,11H2,1-2H3,(H,19,20). The molecule has 6 nitrogen and oxygen atoms in total. The van der Waals surface area contributed by atoms with E-state index in [0.29, 0.717) is 29.6 Å². The molecule has 126 valence electrons. The first-order valence-corrected chi connectivity index (χ1v) is 7.92. The van der Waals surface area contributed by atoms with Crippen LogP contribution in [-0.4, -0.2) is 48.2 Å². The molecule has 0 aromatic heterocycles. The fraction of sp³-hybridized carbons (Fsp3) is 0.529. The molecular formula is C17H23NO5. The number of hydrogen-bond acceptors (Lipinski definition) is 4. The largest absolute Gasteiger partial charge is 0.490 e. The molecule has 1 aromatic rings. The molecule has 1 heterocycles. The van der Waals surface area contributed by atoms with E-state index in [2.05, 4.69) is 6.92 Å². The van der Waals surface area contributed by atoms with Crippen molar-refractivity contribution in [3.63, 3.8) is 0 Å². The normalized spacial score (nSPS) is 15.3. The van der Waals surface area contributed by atoms with E-state index >= 15 is 0 Å². The number of amides is 1. The van der Waals surface area contributed by atoms with Crippen molar-refractivity contribution < 1.29 is 24.2 Å². The number of benzene rings is 1. The number of carbonyl (C=O) groups excluding carboxylic acids is 1. The number of ether oxygens (including phenoxy) is 2. The highest BCUT2D eigenvalue weighted by atomic mass is 16.5. The zero-order chi connectivity index (χ0) is 16.8. The summed E-state index contributed by atoms with van der Waals surface area (Å²) in [6.45, 7) is 5.51. The van der Waals surface area contributed by atoms with E-state index in [-0.39, 0.29) is 5.91 Å². The number of rotatable bonds is 6. The van der Waals surface area contributed by atoms with Gasteiger partial charge in [0.15, 0.2) is 18.1 Å². The van der Waals surface area contributed by atoms with Gasteiger partial charge >= 0.3 is 5.97 Å². The summed E-state index contributed by atoms with van der Waals surface area (Å²) in [6.07, 6.45) is 2.04. The van der Waals surface area contributed by atoms with E-state index in [1.165, 1.54) is 0 Å². The van der Waals surface area contributed by atoms with Crippen molar-refractivity contribution in [1.29, 1.82) is 0 Å². The highest BCUT2D eigenvalue weighted by molar-refractivity contribution is 5.95. The minimum atomic E-state index is -1.06. The Balaban J connectivity index is 2.14. The van der Waals surface area contributed by atoms with Crippen molar-refractivity contribution in [2.24, 2.45) is 5.92 Å². The van der Waals surface area contributed by atoms with Crippen LogP contribution in [0.5, 0.6) is 11.5 Å². The van der Waals surface area contributed by atoms with Gasteiger partial charge in [-0.05, 0) is 43.9 Å². The summed E-state index contributed by atoms with van der Waals surface area (Å²) in [5, 5.41) is 8.70. The molecule has 6 heteroatoms. The molecule has 1 saturated heterocycles. The maximum absolute atomic E-state index is 12.6. The topological polar surface area (TPSA) is 76.1 Å². The fourth-order valence-corrected chi connectivity index (χ4v) is 2.56. The van der Waals surface area contributed by atoms with Gasteiger partial charge in [0.05, 0.1) is 6.61 Å². The van der Waals surface area contributed by atoms with Crippen molar-refractivity contribution in [1.82, 2.24) is 4.90 Å². The third-order valence-electron chi connectivity index (χ3n) is 3.91. The summed E-state index contributed by atoms with van der Waals surface area (Å²) < 4.78 is 10.7. The molecule has 0 spiro atoms. The van der Waals surface area contributed by atoms with Gasteiger partial charge in [-0.15, -0.1) is 0 Å². The van der Waals surface area contributed by atoms with Crippen molar-refractivity contribution >= 4 is 11.9 Å². The molecular weight excluding hydrogens is 298 g/mol. The molecule has 1 amide bonds. The van der Waals surface area contributed by atoms with E-state index in [0.717, 1.165) is 25.9 Å². The molecule has 2 rings (SSSR count). The van der Waals surface area contributed by atoms with Crippen molar-refractivity contribution in [3.05, 3.63) is 23.8 Å². The molecule has 1 N–H and O–H groups in total. The molecule has 0 bridgehead atoms. The lowest BCUT2D eigenvalue weighted by molar-refractivity contribution is -0.139. The van der Waals surface area contributed by atoms with E-state index < -0.39 is 12.6 Å². The van der Waals surface area contributed by atoms with Crippen LogP contribution in [0.4, 0.5) is 0 Å². The first-order valence-electron chi connectivity index (χ1n) is 7.92. The molecule has 1 aliphatic rings. The Labute approximate surface area is 136 Å². The minimum absolute atomic E-state index is 0.0253. The lowest BCUT2D eigenvalue weighted by atomic mass is 9.98. The minimum Gasteiger partial charge on any atom is -0.490 e. The average Bonchev–Trinajstić information content (AvgIpc) is 2.54. The molecule has 1 aromatic carbocycles. The van der Waals surface area contributed by atoms with Crippen LogP contribution in [0, 0.1) is 5.92 Å². The second-order valence-electron chi connectivity index (χ2n) is 5.75. The number of aliphatic carboxylic acids is 1. The molecule has 0 unspecified atom stereocenters. The zero-order valence-corrected chi connectivity index (χ0v) is 13.6. The average molecular weight is 321 g/mol. The maximum atomic E-state index is 12.6. The molecule has 23 heavy (non-hydrogen) atoms. The number of likely N-dealkylation sites (tertiary alicyclic amines) is 1. The second-order valence-corrected chi connectivity index (χ2v) is 5.75. The van der Waals surface area contributed by atoms with Crippen molar-refractivity contribution in [2.75, 3.05) is 26.3 Å². The molecule has 1 aliphatic heterocycles. The Morgan fingerprint density at radius 3 is 2.52 bits per heavy atom. The Bertz CT molecular complexity index is 564. The summed E-state index contributed by atoms with van der Waals surface area (Å²) >= 11 is 0. The summed E-state index contributed by atoms with van der Waals surface area (Å²) in [5.41, 5.74) is 0.533. The third-order valence-corrected chi connectivity index (χ3v) is 3.91. The molecule has 0 aliphatic carbocycles. The Morgan fingerprint density at radius 2 is 1.91 bits per heavy atom. The van der Waals surface area contributed by atoms with Crippen LogP contribution in [0.25, 0.3) is 0 Å². The van der Waals surface area contributed by atoms with Crippen LogP contribution in [0.2, 0.25) is 0 Å². The van der Waals surface area contributed by atoms with Gasteiger partial charge in [-0.1, -0.05) is 6.92 Å². The first-order chi connectivity index (χ1) is 11.0. The van der Waals surface area contributed by atoms with Gasteiger partial charge in [0, 0.05) is 18.7 Å². The molecule has 0 radical (unpaired) electrons. The van der Waals surface area contributed by atoms with E-state index in [4.69, 9.17) is 14.6 Å². The van der Waals surface area contributed by atoms with E-state index in [1.807, 2.05) is 11.8 Å². The van der Waals surface area contributed by atoms with Crippen LogP contribution in [0.15, 0.2) is 18.2 Å². The SMILES string of the molecule is CCOc1cc(C(=O)N2CCC(C)CC2)ccc1OCC(=O)O. The fourth-order valence-electron chi connectivity index (χ4n) is 2.56. The number of carbonyl (C=O) groups is 2.